The fraction of sp³-hybridized carbons (Fsp3) is 0.545. The Bertz CT molecular complexity index is 860. The van der Waals surface area contributed by atoms with Gasteiger partial charge in [-0.25, -0.2) is 14.5 Å². The number of aryl methyl sites for hydroxylation is 1. The average molecular weight is 361 g/mol. The number of imidazole rings is 1. The van der Waals surface area contributed by atoms with Gasteiger partial charge in [-0.05, 0) is 0 Å². The first-order chi connectivity index (χ1) is 11.2. The number of nitrogens with one attached hydrogen (secondary N) is 1. The van der Waals surface area contributed by atoms with Crippen molar-refractivity contribution < 1.29 is 33.8 Å². The average Bonchev–Trinajstić information content (AvgIpc) is 3.04. The zero-order valence-electron chi connectivity index (χ0n) is 12.4. The monoisotopic (exact) mass is 361 g/mol. The highest BCUT2D eigenvalue weighted by Gasteiger charge is 2.45. The molecule has 3 heterocycles. The molecule has 1 aliphatic heterocycles. The number of hydrogen-bond donors (Lipinski definition) is 5. The van der Waals surface area contributed by atoms with Crippen LogP contribution in [0.4, 0.5) is 0 Å². The predicted octanol–water partition coefficient (Wildman–Crippen LogP) is -2.02. The van der Waals surface area contributed by atoms with Gasteiger partial charge in [0.15, 0.2) is 17.4 Å². The van der Waals surface area contributed by atoms with Crippen LogP contribution in [0.15, 0.2) is 12.7 Å². The summed E-state index contributed by atoms with van der Waals surface area (Å²) in [6.45, 7) is -0.599. The molecule has 0 bridgehead atoms. The molecule has 0 unspecified atom stereocenters. The molecule has 3 rings (SSSR count). The normalized spacial score (nSPS) is 27.9. The Labute approximate surface area is 134 Å². The molecule has 24 heavy (non-hydrogen) atoms. The molecule has 0 amide bonds. The van der Waals surface area contributed by atoms with E-state index in [1.807, 2.05) is 0 Å². The highest BCUT2D eigenvalue weighted by molar-refractivity contribution is 7.46. The fourth-order valence-corrected chi connectivity index (χ4v) is 2.81. The van der Waals surface area contributed by atoms with Crippen molar-refractivity contribution in [3.05, 3.63) is 18.1 Å². The summed E-state index contributed by atoms with van der Waals surface area (Å²) in [6, 6.07) is 0. The molecule has 0 aromatic carbocycles. The zero-order valence-corrected chi connectivity index (χ0v) is 13.3. The fourth-order valence-electron chi connectivity index (χ4n) is 2.47. The highest BCUT2D eigenvalue weighted by atomic mass is 31.2. The van der Waals surface area contributed by atoms with Crippen molar-refractivity contribution in [2.75, 3.05) is 6.61 Å². The number of ether oxygens (including phenoxy) is 1. The van der Waals surface area contributed by atoms with Crippen LogP contribution in [0.3, 0.4) is 0 Å². The number of phosphoric ester groups is 1. The lowest BCUT2D eigenvalue weighted by molar-refractivity contribution is -0.0504. The number of fused-ring (bicyclic) bond motifs is 1. The molecule has 132 valence electrons. The van der Waals surface area contributed by atoms with Crippen LogP contribution in [0, 0.1) is 5.41 Å². The van der Waals surface area contributed by atoms with E-state index in [2.05, 4.69) is 14.5 Å². The van der Waals surface area contributed by atoms with Crippen LogP contribution in [-0.4, -0.2) is 64.0 Å². The maximum absolute atomic E-state index is 10.8. The highest BCUT2D eigenvalue weighted by Crippen LogP contribution is 2.38. The Morgan fingerprint density at radius 3 is 2.71 bits per heavy atom. The van der Waals surface area contributed by atoms with Gasteiger partial charge in [0.05, 0.1) is 19.3 Å². The van der Waals surface area contributed by atoms with Gasteiger partial charge in [-0.2, -0.15) is 0 Å². The summed E-state index contributed by atoms with van der Waals surface area (Å²) >= 11 is 0. The summed E-state index contributed by atoms with van der Waals surface area (Å²) < 4.78 is 23.3. The van der Waals surface area contributed by atoms with Crippen LogP contribution in [0.25, 0.3) is 11.2 Å². The maximum Gasteiger partial charge on any atom is 0.469 e. The molecule has 1 aliphatic rings. The first-order valence-electron chi connectivity index (χ1n) is 6.83. The summed E-state index contributed by atoms with van der Waals surface area (Å²) in [5.74, 6) is 0. The van der Waals surface area contributed by atoms with E-state index in [1.54, 1.807) is 7.05 Å². The van der Waals surface area contributed by atoms with Gasteiger partial charge in [-0.15, -0.1) is 0 Å². The molecule has 2 aromatic rings. The number of phosphoric acid groups is 1. The van der Waals surface area contributed by atoms with Gasteiger partial charge in [-0.1, -0.05) is 0 Å². The van der Waals surface area contributed by atoms with Crippen LogP contribution in [-0.2, 0) is 20.9 Å². The summed E-state index contributed by atoms with van der Waals surface area (Å²) in [4.78, 5) is 25.6. The standard InChI is InChI=1S/C11H16N5O7P/c1-15-3-14-10-6(9(15)12)13-4-16(10)11-8(18)7(17)5(23-11)2-22-24(19,20)21/h3-5,7-8,11-12,17-18H,2H2,1H3,(H2,19,20,21)/t5-,7-,8-,11-/m1/s1. The van der Waals surface area contributed by atoms with Gasteiger partial charge in [0, 0.05) is 7.05 Å². The van der Waals surface area contributed by atoms with Crippen molar-refractivity contribution in [1.82, 2.24) is 19.1 Å². The number of aromatic nitrogens is 4. The maximum atomic E-state index is 10.8. The number of nitrogens with zero attached hydrogens (tertiary/aromatic N) is 4. The molecule has 12 nitrogen and oxygen atoms in total. The predicted molar refractivity (Wildman–Crippen MR) is 76.3 cm³/mol. The van der Waals surface area contributed by atoms with Gasteiger partial charge >= 0.3 is 7.82 Å². The molecule has 5 N–H and O–H groups in total. The van der Waals surface area contributed by atoms with Gasteiger partial charge in [0.2, 0.25) is 0 Å². The van der Waals surface area contributed by atoms with Crippen molar-refractivity contribution in [2.24, 2.45) is 7.05 Å². The minimum absolute atomic E-state index is 0.105. The van der Waals surface area contributed by atoms with E-state index < -0.39 is 39.0 Å². The minimum atomic E-state index is -4.73. The molecule has 1 fully saturated rings. The van der Waals surface area contributed by atoms with Crippen molar-refractivity contribution in [3.8, 4) is 0 Å². The van der Waals surface area contributed by atoms with E-state index in [0.717, 1.165) is 0 Å². The lowest BCUT2D eigenvalue weighted by atomic mass is 10.1. The number of aliphatic hydroxyl groups excluding tert-OH is 2. The molecular weight excluding hydrogens is 345 g/mol. The topological polar surface area (TPSA) is 176 Å². The zero-order chi connectivity index (χ0) is 17.6. The smallest absolute Gasteiger partial charge is 0.387 e. The van der Waals surface area contributed by atoms with Crippen molar-refractivity contribution in [1.29, 1.82) is 5.41 Å². The third kappa shape index (κ3) is 3.00. The quantitative estimate of drug-likeness (QED) is 0.385. The molecule has 0 saturated carbocycles. The van der Waals surface area contributed by atoms with Crippen molar-refractivity contribution in [3.63, 3.8) is 0 Å². The molecule has 2 aromatic heterocycles. The lowest BCUT2D eigenvalue weighted by Gasteiger charge is -2.16. The van der Waals surface area contributed by atoms with Crippen molar-refractivity contribution in [2.45, 2.75) is 24.5 Å². The Morgan fingerprint density at radius 2 is 2.04 bits per heavy atom. The second kappa shape index (κ2) is 6.01. The first-order valence-corrected chi connectivity index (χ1v) is 8.36. The van der Waals surface area contributed by atoms with E-state index in [9.17, 15) is 14.8 Å². The largest absolute Gasteiger partial charge is 0.469 e. The molecule has 0 spiro atoms. The van der Waals surface area contributed by atoms with Crippen LogP contribution >= 0.6 is 7.82 Å². The van der Waals surface area contributed by atoms with Crippen LogP contribution in [0.1, 0.15) is 6.23 Å². The summed E-state index contributed by atoms with van der Waals surface area (Å²) in [7, 11) is -3.09. The lowest BCUT2D eigenvalue weighted by Crippen LogP contribution is -2.33. The van der Waals surface area contributed by atoms with E-state index in [4.69, 9.17) is 19.9 Å². The van der Waals surface area contributed by atoms with Crippen LogP contribution in [0.5, 0.6) is 0 Å². The summed E-state index contributed by atoms with van der Waals surface area (Å²) in [6.07, 6.45) is -2.34. The molecule has 0 aliphatic carbocycles. The summed E-state index contributed by atoms with van der Waals surface area (Å²) in [5.41, 5.74) is 0.652. The van der Waals surface area contributed by atoms with Crippen LogP contribution in [0.2, 0.25) is 0 Å². The van der Waals surface area contributed by atoms with Crippen molar-refractivity contribution >= 4 is 19.0 Å². The van der Waals surface area contributed by atoms with E-state index in [0.29, 0.717) is 0 Å². The van der Waals surface area contributed by atoms with Gasteiger partial charge in [0.1, 0.15) is 23.8 Å². The summed E-state index contributed by atoms with van der Waals surface area (Å²) in [5, 5.41) is 28.1. The molecule has 4 atom stereocenters. The van der Waals surface area contributed by atoms with E-state index in [-0.39, 0.29) is 16.7 Å². The minimum Gasteiger partial charge on any atom is -0.387 e. The van der Waals surface area contributed by atoms with Gasteiger partial charge in [0.25, 0.3) is 0 Å². The van der Waals surface area contributed by atoms with Gasteiger partial charge in [-0.3, -0.25) is 14.5 Å². The first kappa shape index (κ1) is 17.2. The number of hydrogen-bond acceptors (Lipinski definition) is 8. The second-order valence-corrected chi connectivity index (χ2v) is 6.60. The third-order valence-electron chi connectivity index (χ3n) is 3.72. The van der Waals surface area contributed by atoms with Gasteiger partial charge < -0.3 is 29.3 Å². The molecule has 0 radical (unpaired) electrons. The van der Waals surface area contributed by atoms with E-state index in [1.165, 1.54) is 21.8 Å². The Balaban J connectivity index is 1.89. The SMILES string of the molecule is Cn1cnc2c(ncn2[C@@H]2O[C@H](COP(=O)(O)O)[C@@H](O)[C@H]2O)c1=N. The van der Waals surface area contributed by atoms with Crippen LogP contribution < -0.4 is 5.49 Å². The van der Waals surface area contributed by atoms with E-state index >= 15 is 0 Å². The molecule has 1 saturated heterocycles. The second-order valence-electron chi connectivity index (χ2n) is 5.36. The molecular formula is C11H16N5O7P. The number of rotatable bonds is 4. The molecule has 13 heteroatoms. The number of aliphatic hydroxyl groups is 2. The Hall–Kier alpha value is -1.66. The third-order valence-corrected chi connectivity index (χ3v) is 4.20. The Morgan fingerprint density at radius 1 is 1.33 bits per heavy atom. The Kier molecular flexibility index (Phi) is 4.30.